The summed E-state index contributed by atoms with van der Waals surface area (Å²) in [5, 5.41) is 3.40. The molecule has 0 bridgehead atoms. The van der Waals surface area contributed by atoms with Gasteiger partial charge in [-0.2, -0.15) is 0 Å². The van der Waals surface area contributed by atoms with Gasteiger partial charge in [-0.15, -0.1) is 11.8 Å². The molecule has 0 heterocycles. The van der Waals surface area contributed by atoms with Gasteiger partial charge < -0.3 is 0 Å². The van der Waals surface area contributed by atoms with Gasteiger partial charge in [-0.05, 0) is 60.5 Å². The number of carbonyl (C=O) groups excluding carboxylic acids is 2. The molecule has 0 fully saturated rings. The molecule has 29 heavy (non-hydrogen) atoms. The maximum Gasteiger partial charge on any atom is 0.160 e. The van der Waals surface area contributed by atoms with Crippen LogP contribution in [0.3, 0.4) is 0 Å². The van der Waals surface area contributed by atoms with E-state index in [0.717, 1.165) is 16.3 Å². The third-order valence-corrected chi connectivity index (χ3v) is 5.53. The van der Waals surface area contributed by atoms with Gasteiger partial charge in [0.25, 0.3) is 0 Å². The molecule has 0 amide bonds. The Balaban J connectivity index is 0.000000166. The fraction of sp³-hybridized carbons (Fsp3) is 0.120. The number of carbonyl (C=O) groups is 2. The van der Waals surface area contributed by atoms with Crippen molar-refractivity contribution in [2.75, 3.05) is 6.26 Å². The zero-order valence-electron chi connectivity index (χ0n) is 16.5. The highest BCUT2D eigenvalue weighted by Gasteiger charge is 2.08. The number of hydrogen-bond acceptors (Lipinski definition) is 3. The minimum absolute atomic E-state index is 0.0406. The fourth-order valence-corrected chi connectivity index (χ4v) is 3.93. The van der Waals surface area contributed by atoms with E-state index in [2.05, 4.69) is 12.3 Å². The molecule has 0 spiro atoms. The molecule has 4 rings (SSSR count). The standard InChI is InChI=1S/C13H12OS.C12H9FO/c1-9(14)10-7-8-13(15-2)12-6-4-3-5-11(10)12;1-8(14)9-6-7-12(13)11-5-3-2-4-10(9)11/h3-8H,1-2H3;2-7H,1H3. The van der Waals surface area contributed by atoms with Crippen LogP contribution in [0.1, 0.15) is 34.6 Å². The van der Waals surface area contributed by atoms with E-state index in [1.165, 1.54) is 24.0 Å². The molecule has 0 N–H and O–H groups in total. The molecule has 0 saturated heterocycles. The van der Waals surface area contributed by atoms with Gasteiger partial charge in [0.15, 0.2) is 11.6 Å². The second kappa shape index (κ2) is 9.01. The largest absolute Gasteiger partial charge is 0.294 e. The molecule has 0 aliphatic carbocycles. The fourth-order valence-electron chi connectivity index (χ4n) is 3.33. The summed E-state index contributed by atoms with van der Waals surface area (Å²) >= 11 is 1.71. The van der Waals surface area contributed by atoms with Crippen LogP contribution in [-0.2, 0) is 0 Å². The summed E-state index contributed by atoms with van der Waals surface area (Å²) in [6.45, 7) is 3.10. The quantitative estimate of drug-likeness (QED) is 0.274. The minimum atomic E-state index is -0.286. The van der Waals surface area contributed by atoms with Crippen molar-refractivity contribution in [3.8, 4) is 0 Å². The van der Waals surface area contributed by atoms with Crippen LogP contribution < -0.4 is 0 Å². The van der Waals surface area contributed by atoms with Crippen LogP contribution in [0, 0.1) is 5.82 Å². The molecule has 4 aromatic carbocycles. The third-order valence-electron chi connectivity index (χ3n) is 4.73. The van der Waals surface area contributed by atoms with Gasteiger partial charge in [0, 0.05) is 21.4 Å². The molecule has 0 unspecified atom stereocenters. The van der Waals surface area contributed by atoms with Crippen LogP contribution in [0.5, 0.6) is 0 Å². The number of benzene rings is 4. The Morgan fingerprint density at radius 2 is 1.10 bits per heavy atom. The lowest BCUT2D eigenvalue weighted by molar-refractivity contribution is 0.101. The molecule has 0 radical (unpaired) electrons. The van der Waals surface area contributed by atoms with Gasteiger partial charge in [0.2, 0.25) is 0 Å². The van der Waals surface area contributed by atoms with Gasteiger partial charge in [0.1, 0.15) is 5.82 Å². The molecule has 0 aromatic heterocycles. The first kappa shape index (κ1) is 20.7. The van der Waals surface area contributed by atoms with Crippen molar-refractivity contribution in [1.82, 2.24) is 0 Å². The zero-order chi connectivity index (χ0) is 21.0. The number of ketones is 2. The lowest BCUT2D eigenvalue weighted by atomic mass is 10.0. The SMILES string of the molecule is CC(=O)c1ccc(F)c2ccccc12.CSc1ccc(C(C)=O)c2ccccc12. The highest BCUT2D eigenvalue weighted by molar-refractivity contribution is 7.98. The topological polar surface area (TPSA) is 34.1 Å². The molecule has 0 atom stereocenters. The second-order valence-corrected chi connectivity index (χ2v) is 7.46. The average Bonchev–Trinajstić information content (AvgIpc) is 2.73. The van der Waals surface area contributed by atoms with Crippen molar-refractivity contribution in [2.24, 2.45) is 0 Å². The summed E-state index contributed by atoms with van der Waals surface area (Å²) < 4.78 is 13.3. The average molecular weight is 405 g/mol. The first-order valence-electron chi connectivity index (χ1n) is 9.19. The van der Waals surface area contributed by atoms with Crippen molar-refractivity contribution < 1.29 is 14.0 Å². The van der Waals surface area contributed by atoms with Crippen molar-refractivity contribution in [1.29, 1.82) is 0 Å². The van der Waals surface area contributed by atoms with Crippen molar-refractivity contribution in [3.05, 3.63) is 89.7 Å². The van der Waals surface area contributed by atoms with Crippen LogP contribution in [0.2, 0.25) is 0 Å². The number of hydrogen-bond donors (Lipinski definition) is 0. The normalized spacial score (nSPS) is 10.5. The Morgan fingerprint density at radius 1 is 0.655 bits per heavy atom. The molecular weight excluding hydrogens is 383 g/mol. The highest BCUT2D eigenvalue weighted by atomic mass is 32.2. The van der Waals surface area contributed by atoms with Crippen LogP contribution in [-0.4, -0.2) is 17.8 Å². The zero-order valence-corrected chi connectivity index (χ0v) is 17.3. The number of halogens is 1. The van der Waals surface area contributed by atoms with Gasteiger partial charge in [-0.1, -0.05) is 48.5 Å². The van der Waals surface area contributed by atoms with E-state index in [1.807, 2.05) is 30.3 Å². The Labute approximate surface area is 173 Å². The maximum absolute atomic E-state index is 13.3. The molecule has 4 heteroatoms. The van der Waals surface area contributed by atoms with Crippen molar-refractivity contribution in [3.63, 3.8) is 0 Å². The summed E-state index contributed by atoms with van der Waals surface area (Å²) in [4.78, 5) is 23.9. The van der Waals surface area contributed by atoms with E-state index in [0.29, 0.717) is 16.3 Å². The molecule has 2 nitrogen and oxygen atoms in total. The van der Waals surface area contributed by atoms with E-state index in [9.17, 15) is 14.0 Å². The Hall–Kier alpha value is -2.98. The Bertz CT molecular complexity index is 1210. The molecule has 4 aromatic rings. The predicted molar refractivity (Wildman–Crippen MR) is 120 cm³/mol. The summed E-state index contributed by atoms with van der Waals surface area (Å²) in [7, 11) is 0. The van der Waals surface area contributed by atoms with Crippen LogP contribution in [0.4, 0.5) is 4.39 Å². The number of Topliss-reactive ketones (excluding diaryl/α,β-unsaturated/α-hetero) is 2. The monoisotopic (exact) mass is 404 g/mol. The van der Waals surface area contributed by atoms with Gasteiger partial charge in [-0.3, -0.25) is 9.59 Å². The van der Waals surface area contributed by atoms with E-state index in [4.69, 9.17) is 0 Å². The number of rotatable bonds is 3. The molecule has 0 aliphatic rings. The summed E-state index contributed by atoms with van der Waals surface area (Å²) in [6, 6.07) is 21.8. The maximum atomic E-state index is 13.3. The Morgan fingerprint density at radius 3 is 1.62 bits per heavy atom. The van der Waals surface area contributed by atoms with Crippen LogP contribution in [0.15, 0.2) is 77.7 Å². The van der Waals surface area contributed by atoms with Gasteiger partial charge in [0.05, 0.1) is 0 Å². The highest BCUT2D eigenvalue weighted by Crippen LogP contribution is 2.29. The van der Waals surface area contributed by atoms with E-state index in [1.54, 1.807) is 43.0 Å². The number of thioether (sulfide) groups is 1. The Kier molecular flexibility index (Phi) is 6.45. The van der Waals surface area contributed by atoms with E-state index in [-0.39, 0.29) is 17.4 Å². The van der Waals surface area contributed by atoms with E-state index >= 15 is 0 Å². The van der Waals surface area contributed by atoms with Crippen molar-refractivity contribution >= 4 is 44.9 Å². The summed E-state index contributed by atoms with van der Waals surface area (Å²) in [5.74, 6) is -0.203. The summed E-state index contributed by atoms with van der Waals surface area (Å²) in [5.41, 5.74) is 1.38. The molecular formula is C25H21FO2S. The smallest absolute Gasteiger partial charge is 0.160 e. The van der Waals surface area contributed by atoms with Crippen LogP contribution in [0.25, 0.3) is 21.5 Å². The predicted octanol–water partition coefficient (Wildman–Crippen LogP) is 6.95. The second-order valence-electron chi connectivity index (χ2n) is 6.61. The molecule has 0 aliphatic heterocycles. The molecule has 0 saturated carbocycles. The minimum Gasteiger partial charge on any atom is -0.294 e. The first-order valence-corrected chi connectivity index (χ1v) is 10.4. The third kappa shape index (κ3) is 4.38. The molecule has 146 valence electrons. The van der Waals surface area contributed by atoms with E-state index < -0.39 is 0 Å². The number of fused-ring (bicyclic) bond motifs is 2. The summed E-state index contributed by atoms with van der Waals surface area (Å²) in [6.07, 6.45) is 2.05. The van der Waals surface area contributed by atoms with Crippen molar-refractivity contribution in [2.45, 2.75) is 18.7 Å². The lowest BCUT2D eigenvalue weighted by Crippen LogP contribution is -1.94. The van der Waals surface area contributed by atoms with Crippen LogP contribution >= 0.6 is 11.8 Å². The lowest BCUT2D eigenvalue weighted by Gasteiger charge is -2.07. The van der Waals surface area contributed by atoms with Gasteiger partial charge in [-0.25, -0.2) is 4.39 Å². The van der Waals surface area contributed by atoms with Gasteiger partial charge >= 0.3 is 0 Å². The first-order chi connectivity index (χ1) is 13.9.